The zero-order valence-electron chi connectivity index (χ0n) is 6.05. The van der Waals surface area contributed by atoms with Crippen molar-refractivity contribution >= 4 is 7.85 Å². The molecular formula is C6H13BO2. The maximum Gasteiger partial charge on any atom is 0.0662 e. The van der Waals surface area contributed by atoms with E-state index in [1.807, 2.05) is 6.92 Å². The van der Waals surface area contributed by atoms with E-state index in [9.17, 15) is 0 Å². The van der Waals surface area contributed by atoms with Gasteiger partial charge in [0.15, 0.2) is 0 Å². The van der Waals surface area contributed by atoms with Crippen LogP contribution in [0.4, 0.5) is 0 Å². The molecule has 0 aromatic heterocycles. The Morgan fingerprint density at radius 1 is 1.67 bits per heavy atom. The molecule has 0 aliphatic rings. The van der Waals surface area contributed by atoms with Gasteiger partial charge in [0.25, 0.3) is 0 Å². The SMILES string of the molecule is [B]C[C@](C)(CO)COC. The topological polar surface area (TPSA) is 29.5 Å². The van der Waals surface area contributed by atoms with Crippen molar-refractivity contribution in [1.29, 1.82) is 0 Å². The molecule has 1 atom stereocenters. The summed E-state index contributed by atoms with van der Waals surface area (Å²) < 4.78 is 4.85. The number of hydrogen-bond donors (Lipinski definition) is 1. The third-order valence-electron chi connectivity index (χ3n) is 1.37. The Balaban J connectivity index is 3.62. The molecule has 0 aliphatic carbocycles. The van der Waals surface area contributed by atoms with Crippen molar-refractivity contribution in [3.63, 3.8) is 0 Å². The van der Waals surface area contributed by atoms with E-state index in [2.05, 4.69) is 0 Å². The fourth-order valence-corrected chi connectivity index (χ4v) is 0.518. The van der Waals surface area contributed by atoms with Crippen LogP contribution in [0, 0.1) is 5.41 Å². The predicted octanol–water partition coefficient (Wildman–Crippen LogP) is 0.218. The van der Waals surface area contributed by atoms with Crippen LogP contribution in [-0.2, 0) is 4.74 Å². The maximum absolute atomic E-state index is 8.76. The van der Waals surface area contributed by atoms with Gasteiger partial charge in [-0.05, 0) is 0 Å². The summed E-state index contributed by atoms with van der Waals surface area (Å²) in [5, 5.41) is 8.76. The molecule has 0 amide bonds. The largest absolute Gasteiger partial charge is 0.396 e. The van der Waals surface area contributed by atoms with Gasteiger partial charge in [-0.1, -0.05) is 13.2 Å². The lowest BCUT2D eigenvalue weighted by Gasteiger charge is -2.24. The molecule has 0 spiro atoms. The van der Waals surface area contributed by atoms with Crippen LogP contribution in [-0.4, -0.2) is 33.3 Å². The fourth-order valence-electron chi connectivity index (χ4n) is 0.518. The van der Waals surface area contributed by atoms with Gasteiger partial charge in [-0.3, -0.25) is 0 Å². The van der Waals surface area contributed by atoms with E-state index in [1.54, 1.807) is 7.11 Å². The predicted molar refractivity (Wildman–Crippen MR) is 37.6 cm³/mol. The van der Waals surface area contributed by atoms with E-state index in [4.69, 9.17) is 17.7 Å². The Kier molecular flexibility index (Phi) is 3.90. The van der Waals surface area contributed by atoms with Crippen LogP contribution in [0.5, 0.6) is 0 Å². The minimum absolute atomic E-state index is 0.0807. The van der Waals surface area contributed by atoms with E-state index in [0.29, 0.717) is 12.9 Å². The summed E-state index contributed by atoms with van der Waals surface area (Å²) in [4.78, 5) is 0. The average molecular weight is 128 g/mol. The summed E-state index contributed by atoms with van der Waals surface area (Å²) in [5.74, 6) is 0. The van der Waals surface area contributed by atoms with Gasteiger partial charge in [-0.25, -0.2) is 0 Å². The first-order chi connectivity index (χ1) is 4.18. The third-order valence-corrected chi connectivity index (χ3v) is 1.37. The molecule has 52 valence electrons. The van der Waals surface area contributed by atoms with E-state index in [0.717, 1.165) is 0 Å². The van der Waals surface area contributed by atoms with Crippen LogP contribution in [0.25, 0.3) is 0 Å². The lowest BCUT2D eigenvalue weighted by Crippen LogP contribution is -2.26. The number of ether oxygens (including phenoxy) is 1. The van der Waals surface area contributed by atoms with Crippen molar-refractivity contribution in [3.8, 4) is 0 Å². The third kappa shape index (κ3) is 2.87. The molecule has 0 aliphatic heterocycles. The highest BCUT2D eigenvalue weighted by Gasteiger charge is 2.19. The van der Waals surface area contributed by atoms with Gasteiger partial charge < -0.3 is 9.84 Å². The second-order valence-electron chi connectivity index (χ2n) is 2.61. The normalized spacial score (nSPS) is 17.2. The van der Waals surface area contributed by atoms with Crippen LogP contribution in [0.1, 0.15) is 6.92 Å². The van der Waals surface area contributed by atoms with Crippen molar-refractivity contribution in [3.05, 3.63) is 0 Å². The average Bonchev–Trinajstić information content (AvgIpc) is 1.89. The summed E-state index contributed by atoms with van der Waals surface area (Å²) in [6.07, 6.45) is 0.456. The molecule has 0 saturated heterocycles. The van der Waals surface area contributed by atoms with E-state index < -0.39 is 0 Å². The zero-order valence-corrected chi connectivity index (χ0v) is 6.05. The highest BCUT2D eigenvalue weighted by atomic mass is 16.5. The summed E-state index contributed by atoms with van der Waals surface area (Å²) in [6.45, 7) is 2.48. The maximum atomic E-state index is 8.76. The minimum atomic E-state index is -0.255. The molecule has 0 aromatic rings. The first-order valence-electron chi connectivity index (χ1n) is 2.98. The quantitative estimate of drug-likeness (QED) is 0.548. The van der Waals surface area contributed by atoms with Gasteiger partial charge >= 0.3 is 0 Å². The summed E-state index contributed by atoms with van der Waals surface area (Å²) >= 11 is 0. The molecule has 0 saturated carbocycles. The van der Waals surface area contributed by atoms with Crippen molar-refractivity contribution in [2.45, 2.75) is 13.2 Å². The second kappa shape index (κ2) is 3.91. The van der Waals surface area contributed by atoms with Gasteiger partial charge in [0.2, 0.25) is 0 Å². The minimum Gasteiger partial charge on any atom is -0.396 e. The molecular weight excluding hydrogens is 115 g/mol. The van der Waals surface area contributed by atoms with Crippen molar-refractivity contribution < 1.29 is 9.84 Å². The van der Waals surface area contributed by atoms with Gasteiger partial charge in [0, 0.05) is 19.1 Å². The summed E-state index contributed by atoms with van der Waals surface area (Å²) in [6, 6.07) is 0. The fraction of sp³-hybridized carbons (Fsp3) is 1.00. The number of aliphatic hydroxyl groups is 1. The lowest BCUT2D eigenvalue weighted by molar-refractivity contribution is 0.0561. The monoisotopic (exact) mass is 128 g/mol. The number of hydrogen-bond acceptors (Lipinski definition) is 2. The van der Waals surface area contributed by atoms with Gasteiger partial charge in [-0.2, -0.15) is 0 Å². The molecule has 0 bridgehead atoms. The number of rotatable bonds is 4. The van der Waals surface area contributed by atoms with E-state index in [-0.39, 0.29) is 12.0 Å². The standard InChI is InChI=1S/C6H13BO2/c1-6(3-7,4-8)5-9-2/h8H,3-5H2,1-2H3/t6-/m1/s1. The first kappa shape index (κ1) is 8.98. The number of methoxy groups -OCH3 is 1. The second-order valence-corrected chi connectivity index (χ2v) is 2.61. The highest BCUT2D eigenvalue weighted by molar-refractivity contribution is 6.09. The zero-order chi connectivity index (χ0) is 7.33. The van der Waals surface area contributed by atoms with Gasteiger partial charge in [0.1, 0.15) is 0 Å². The molecule has 0 heterocycles. The Bertz CT molecular complexity index is 71.5. The molecule has 1 N–H and O–H groups in total. The smallest absolute Gasteiger partial charge is 0.0662 e. The van der Waals surface area contributed by atoms with Crippen molar-refractivity contribution in [2.24, 2.45) is 5.41 Å². The molecule has 0 aromatic carbocycles. The Labute approximate surface area is 57.6 Å². The molecule has 2 nitrogen and oxygen atoms in total. The Morgan fingerprint density at radius 3 is 2.33 bits per heavy atom. The molecule has 0 fully saturated rings. The Morgan fingerprint density at radius 2 is 2.22 bits per heavy atom. The van der Waals surface area contributed by atoms with Gasteiger partial charge in [0.05, 0.1) is 14.5 Å². The molecule has 9 heavy (non-hydrogen) atoms. The molecule has 0 unspecified atom stereocenters. The number of aliphatic hydroxyl groups excluding tert-OH is 1. The van der Waals surface area contributed by atoms with Crippen molar-refractivity contribution in [1.82, 2.24) is 0 Å². The highest BCUT2D eigenvalue weighted by Crippen LogP contribution is 2.18. The van der Waals surface area contributed by atoms with Crippen molar-refractivity contribution in [2.75, 3.05) is 20.3 Å². The summed E-state index contributed by atoms with van der Waals surface area (Å²) in [5.41, 5.74) is -0.255. The van der Waals surface area contributed by atoms with Gasteiger partial charge in [-0.15, -0.1) is 0 Å². The molecule has 2 radical (unpaired) electrons. The van der Waals surface area contributed by atoms with E-state index >= 15 is 0 Å². The molecule has 3 heteroatoms. The van der Waals surface area contributed by atoms with Crippen LogP contribution >= 0.6 is 0 Å². The van der Waals surface area contributed by atoms with Crippen LogP contribution in [0.15, 0.2) is 0 Å². The van der Waals surface area contributed by atoms with Crippen LogP contribution in [0.3, 0.4) is 0 Å². The van der Waals surface area contributed by atoms with Crippen LogP contribution < -0.4 is 0 Å². The first-order valence-corrected chi connectivity index (χ1v) is 2.98. The molecule has 0 rings (SSSR count). The lowest BCUT2D eigenvalue weighted by atomic mass is 9.79. The summed E-state index contributed by atoms with van der Waals surface area (Å²) in [7, 11) is 6.96. The van der Waals surface area contributed by atoms with E-state index in [1.165, 1.54) is 0 Å². The Hall–Kier alpha value is -0.0151. The van der Waals surface area contributed by atoms with Crippen LogP contribution in [0.2, 0.25) is 6.32 Å².